The molecule has 2 aromatic heterocycles. The fourth-order valence-electron chi connectivity index (χ4n) is 3.21. The summed E-state index contributed by atoms with van der Waals surface area (Å²) >= 11 is 0. The van der Waals surface area contributed by atoms with Gasteiger partial charge < -0.3 is 11.1 Å². The number of carbonyl (C=O) groups is 1. The lowest BCUT2D eigenvalue weighted by atomic mass is 10.0. The number of hydrogen-bond donors (Lipinski definition) is 4. The molecule has 0 saturated carbocycles. The van der Waals surface area contributed by atoms with Crippen molar-refractivity contribution in [3.63, 3.8) is 0 Å². The van der Waals surface area contributed by atoms with Crippen LogP contribution >= 0.6 is 0 Å². The number of nitrogens with one attached hydrogen (secondary N) is 3. The Labute approximate surface area is 200 Å². The molecular formula is C24H26F3N7O. The zero-order valence-electron chi connectivity index (χ0n) is 19.4. The van der Waals surface area contributed by atoms with Crippen LogP contribution in [0.15, 0.2) is 54.9 Å². The molecule has 0 fully saturated rings. The molecule has 8 nitrogen and oxygen atoms in total. The highest BCUT2D eigenvalue weighted by Gasteiger charge is 2.30. The fourth-order valence-corrected chi connectivity index (χ4v) is 3.21. The van der Waals surface area contributed by atoms with Crippen LogP contribution in [0, 0.1) is 12.8 Å². The number of aryl methyl sites for hydroxylation is 1. The summed E-state index contributed by atoms with van der Waals surface area (Å²) in [7, 11) is 0. The number of rotatable bonds is 8. The Hall–Kier alpha value is -4.15. The lowest BCUT2D eigenvalue weighted by molar-refractivity contribution is -0.137. The van der Waals surface area contributed by atoms with E-state index in [0.717, 1.165) is 24.1 Å². The zero-order valence-corrected chi connectivity index (χ0v) is 19.4. The first-order valence-electron chi connectivity index (χ1n) is 10.8. The maximum absolute atomic E-state index is 12.9. The van der Waals surface area contributed by atoms with Crippen LogP contribution in [0.4, 0.5) is 30.5 Å². The van der Waals surface area contributed by atoms with Gasteiger partial charge in [0, 0.05) is 11.4 Å². The van der Waals surface area contributed by atoms with Gasteiger partial charge in [-0.05, 0) is 67.4 Å². The summed E-state index contributed by atoms with van der Waals surface area (Å²) < 4.78 is 38.7. The molecule has 0 bridgehead atoms. The molecule has 0 aliphatic carbocycles. The van der Waals surface area contributed by atoms with Crippen molar-refractivity contribution in [3.8, 4) is 0 Å². The number of amides is 1. The molecule has 35 heavy (non-hydrogen) atoms. The van der Waals surface area contributed by atoms with Crippen LogP contribution in [-0.2, 0) is 6.18 Å². The SMILES string of the molecule is Cc1cc(/C(=C/N)CC(C)C)nc(NNC(=O)c2ccc(Nc3cccc(C(F)(F)F)c3)cn2)n1. The minimum absolute atomic E-state index is 0.0855. The maximum atomic E-state index is 12.9. The van der Waals surface area contributed by atoms with Crippen molar-refractivity contribution in [2.75, 3.05) is 10.7 Å². The summed E-state index contributed by atoms with van der Waals surface area (Å²) in [5, 5.41) is 2.84. The molecule has 1 aromatic carbocycles. The van der Waals surface area contributed by atoms with Crippen molar-refractivity contribution < 1.29 is 18.0 Å². The minimum Gasteiger partial charge on any atom is -0.404 e. The second kappa shape index (κ2) is 10.9. The summed E-state index contributed by atoms with van der Waals surface area (Å²) in [4.78, 5) is 25.2. The van der Waals surface area contributed by atoms with E-state index in [2.05, 4.69) is 45.0 Å². The molecule has 0 saturated heterocycles. The van der Waals surface area contributed by atoms with Crippen molar-refractivity contribution >= 4 is 28.8 Å². The van der Waals surface area contributed by atoms with Gasteiger partial charge in [0.1, 0.15) is 5.69 Å². The number of nitrogens with zero attached hydrogens (tertiary/aromatic N) is 3. The van der Waals surface area contributed by atoms with E-state index in [1.54, 1.807) is 6.92 Å². The van der Waals surface area contributed by atoms with E-state index in [4.69, 9.17) is 5.73 Å². The van der Waals surface area contributed by atoms with Gasteiger partial charge in [-0.2, -0.15) is 13.2 Å². The van der Waals surface area contributed by atoms with Crippen molar-refractivity contribution in [3.05, 3.63) is 77.5 Å². The van der Waals surface area contributed by atoms with E-state index < -0.39 is 17.6 Å². The summed E-state index contributed by atoms with van der Waals surface area (Å²) in [6, 6.07) is 9.57. The van der Waals surface area contributed by atoms with Gasteiger partial charge in [0.15, 0.2) is 0 Å². The molecule has 2 heterocycles. The molecule has 0 radical (unpaired) electrons. The van der Waals surface area contributed by atoms with Gasteiger partial charge >= 0.3 is 6.18 Å². The number of anilines is 3. The van der Waals surface area contributed by atoms with Crippen LogP contribution in [0.3, 0.4) is 0 Å². The highest BCUT2D eigenvalue weighted by atomic mass is 19.4. The van der Waals surface area contributed by atoms with Gasteiger partial charge in [-0.1, -0.05) is 19.9 Å². The number of pyridine rings is 1. The number of benzene rings is 1. The highest BCUT2D eigenvalue weighted by Crippen LogP contribution is 2.31. The number of allylic oxidation sites excluding steroid dienone is 1. The summed E-state index contributed by atoms with van der Waals surface area (Å²) in [6.07, 6.45) is -0.837. The van der Waals surface area contributed by atoms with E-state index in [-0.39, 0.29) is 17.3 Å². The quantitative estimate of drug-likeness (QED) is 0.330. The van der Waals surface area contributed by atoms with E-state index >= 15 is 0 Å². The molecular weight excluding hydrogens is 459 g/mol. The van der Waals surface area contributed by atoms with Crippen LogP contribution in [0.5, 0.6) is 0 Å². The van der Waals surface area contributed by atoms with E-state index in [1.165, 1.54) is 36.7 Å². The first kappa shape index (κ1) is 25.5. The average Bonchev–Trinajstić information content (AvgIpc) is 2.80. The predicted octanol–water partition coefficient (Wildman–Crippen LogP) is 5.05. The van der Waals surface area contributed by atoms with E-state index in [0.29, 0.717) is 23.0 Å². The van der Waals surface area contributed by atoms with Crippen molar-refractivity contribution in [1.82, 2.24) is 20.4 Å². The number of nitrogens with two attached hydrogens (primary N) is 1. The first-order chi connectivity index (χ1) is 16.5. The molecule has 0 aliphatic heterocycles. The molecule has 0 unspecified atom stereocenters. The number of carbonyl (C=O) groups excluding carboxylic acids is 1. The number of halogens is 3. The van der Waals surface area contributed by atoms with Crippen molar-refractivity contribution in [2.45, 2.75) is 33.4 Å². The van der Waals surface area contributed by atoms with Gasteiger partial charge in [-0.25, -0.2) is 15.0 Å². The monoisotopic (exact) mass is 485 g/mol. The van der Waals surface area contributed by atoms with Crippen LogP contribution in [0.2, 0.25) is 0 Å². The average molecular weight is 486 g/mol. The van der Waals surface area contributed by atoms with E-state index in [9.17, 15) is 18.0 Å². The van der Waals surface area contributed by atoms with Crippen LogP contribution < -0.4 is 21.9 Å². The predicted molar refractivity (Wildman–Crippen MR) is 128 cm³/mol. The lowest BCUT2D eigenvalue weighted by Gasteiger charge is -2.13. The van der Waals surface area contributed by atoms with Crippen LogP contribution in [-0.4, -0.2) is 20.9 Å². The van der Waals surface area contributed by atoms with Crippen molar-refractivity contribution in [1.29, 1.82) is 0 Å². The Morgan fingerprint density at radius 1 is 1.09 bits per heavy atom. The minimum atomic E-state index is -4.44. The summed E-state index contributed by atoms with van der Waals surface area (Å²) in [6.45, 7) is 5.95. The highest BCUT2D eigenvalue weighted by molar-refractivity contribution is 5.93. The summed E-state index contributed by atoms with van der Waals surface area (Å²) in [5.74, 6) is 0.0339. The van der Waals surface area contributed by atoms with Crippen LogP contribution in [0.25, 0.3) is 5.57 Å². The largest absolute Gasteiger partial charge is 0.416 e. The smallest absolute Gasteiger partial charge is 0.404 e. The number of hydrogen-bond acceptors (Lipinski definition) is 7. The normalized spacial score (nSPS) is 11.9. The Balaban J connectivity index is 1.64. The van der Waals surface area contributed by atoms with Crippen molar-refractivity contribution in [2.24, 2.45) is 11.7 Å². The molecule has 0 spiro atoms. The van der Waals surface area contributed by atoms with Gasteiger partial charge in [0.05, 0.1) is 23.1 Å². The topological polar surface area (TPSA) is 118 Å². The molecule has 11 heteroatoms. The zero-order chi connectivity index (χ0) is 25.6. The van der Waals surface area contributed by atoms with Gasteiger partial charge in [0.2, 0.25) is 5.95 Å². The van der Waals surface area contributed by atoms with E-state index in [1.807, 2.05) is 6.07 Å². The molecule has 184 valence electrons. The van der Waals surface area contributed by atoms with Gasteiger partial charge in [-0.3, -0.25) is 15.6 Å². The Morgan fingerprint density at radius 2 is 1.86 bits per heavy atom. The Bertz CT molecular complexity index is 1210. The second-order valence-electron chi connectivity index (χ2n) is 8.22. The first-order valence-corrected chi connectivity index (χ1v) is 10.8. The number of hydrazine groups is 1. The molecule has 3 aromatic rings. The third-order valence-electron chi connectivity index (χ3n) is 4.78. The third kappa shape index (κ3) is 7.16. The fraction of sp³-hybridized carbons (Fsp3) is 0.250. The molecule has 0 aliphatic rings. The maximum Gasteiger partial charge on any atom is 0.416 e. The lowest BCUT2D eigenvalue weighted by Crippen LogP contribution is -2.31. The number of alkyl halides is 3. The summed E-state index contributed by atoms with van der Waals surface area (Å²) in [5.41, 5.74) is 13.1. The number of aromatic nitrogens is 3. The molecule has 3 rings (SSSR count). The molecule has 5 N–H and O–H groups in total. The van der Waals surface area contributed by atoms with Crippen LogP contribution in [0.1, 0.15) is 47.7 Å². The van der Waals surface area contributed by atoms with Gasteiger partial charge in [0.25, 0.3) is 5.91 Å². The molecule has 1 amide bonds. The molecule has 0 atom stereocenters. The third-order valence-corrected chi connectivity index (χ3v) is 4.78. The second-order valence-corrected chi connectivity index (χ2v) is 8.22. The van der Waals surface area contributed by atoms with Gasteiger partial charge in [-0.15, -0.1) is 0 Å². The Kier molecular flexibility index (Phi) is 7.90. The Morgan fingerprint density at radius 3 is 2.49 bits per heavy atom. The standard InChI is InChI=1S/C24H26F3N7O/c1-14(2)9-16(12-28)21-10-15(3)30-23(32-21)34-33-22(35)20-8-7-19(13-29-20)31-18-6-4-5-17(11-18)24(25,26)27/h4-8,10-14,31H,9,28H2,1-3H3,(H,33,35)(H,30,32,34)/b16-12+.